The highest BCUT2D eigenvalue weighted by Gasteiger charge is 2.14. The van der Waals surface area contributed by atoms with E-state index in [1.54, 1.807) is 36.4 Å². The zero-order valence-corrected chi connectivity index (χ0v) is 12.7. The molecule has 2 aromatic carbocycles. The van der Waals surface area contributed by atoms with Crippen LogP contribution in [-0.4, -0.2) is 9.13 Å². The van der Waals surface area contributed by atoms with Crippen LogP contribution in [0.4, 0.5) is 0 Å². The third-order valence-electron chi connectivity index (χ3n) is 3.49. The third-order valence-corrected chi connectivity index (χ3v) is 3.98. The van der Waals surface area contributed by atoms with Gasteiger partial charge in [-0.1, -0.05) is 28.1 Å². The molecule has 0 N–H and O–H groups in total. The Morgan fingerprint density at radius 3 is 2.27 bits per heavy atom. The molecule has 0 radical (unpaired) electrons. The molecule has 110 valence electrons. The predicted octanol–water partition coefficient (Wildman–Crippen LogP) is 2.77. The first kappa shape index (κ1) is 13.1. The van der Waals surface area contributed by atoms with E-state index in [4.69, 9.17) is 8.83 Å². The van der Waals surface area contributed by atoms with Crippen molar-refractivity contribution in [1.29, 1.82) is 0 Å². The summed E-state index contributed by atoms with van der Waals surface area (Å²) in [5, 5.41) is 0. The van der Waals surface area contributed by atoms with Crippen LogP contribution in [0.15, 0.2) is 65.4 Å². The van der Waals surface area contributed by atoms with E-state index in [9.17, 15) is 9.59 Å². The molecule has 0 aliphatic rings. The van der Waals surface area contributed by atoms with Gasteiger partial charge in [0.1, 0.15) is 6.67 Å². The summed E-state index contributed by atoms with van der Waals surface area (Å²) in [6.07, 6.45) is 0. The van der Waals surface area contributed by atoms with Gasteiger partial charge in [0.2, 0.25) is 0 Å². The lowest BCUT2D eigenvalue weighted by Crippen LogP contribution is -2.24. The lowest BCUT2D eigenvalue weighted by atomic mass is 10.3. The van der Waals surface area contributed by atoms with Crippen molar-refractivity contribution >= 4 is 38.1 Å². The van der Waals surface area contributed by atoms with E-state index >= 15 is 0 Å². The molecule has 2 aromatic heterocycles. The number of rotatable bonds is 2. The lowest BCUT2D eigenvalue weighted by Gasteiger charge is -2.03. The average Bonchev–Trinajstić information content (AvgIpc) is 2.97. The fourth-order valence-electron chi connectivity index (χ4n) is 2.46. The van der Waals surface area contributed by atoms with Crippen molar-refractivity contribution in [3.63, 3.8) is 0 Å². The van der Waals surface area contributed by atoms with Gasteiger partial charge >= 0.3 is 11.5 Å². The maximum absolute atomic E-state index is 12.1. The summed E-state index contributed by atoms with van der Waals surface area (Å²) in [5.74, 6) is -1.04. The van der Waals surface area contributed by atoms with E-state index < -0.39 is 11.5 Å². The Labute approximate surface area is 131 Å². The molecule has 2 heterocycles. The van der Waals surface area contributed by atoms with Gasteiger partial charge in [-0.25, -0.2) is 9.59 Å². The van der Waals surface area contributed by atoms with Gasteiger partial charge in [0.15, 0.2) is 11.2 Å². The normalized spacial score (nSPS) is 11.5. The summed E-state index contributed by atoms with van der Waals surface area (Å²) in [7, 11) is 0. The molecular weight excluding hydrogens is 352 g/mol. The van der Waals surface area contributed by atoms with Gasteiger partial charge in [0.25, 0.3) is 0 Å². The van der Waals surface area contributed by atoms with E-state index in [0.717, 1.165) is 4.47 Å². The number of hydrogen-bond acceptors (Lipinski definition) is 4. The van der Waals surface area contributed by atoms with Gasteiger partial charge in [-0.15, -0.1) is 0 Å². The molecule has 4 rings (SSSR count). The average molecular weight is 361 g/mol. The number of fused-ring (bicyclic) bond motifs is 2. The van der Waals surface area contributed by atoms with Crippen LogP contribution < -0.4 is 11.5 Å². The van der Waals surface area contributed by atoms with E-state index in [1.165, 1.54) is 9.13 Å². The lowest BCUT2D eigenvalue weighted by molar-refractivity contribution is 0.456. The van der Waals surface area contributed by atoms with Crippen LogP contribution in [0.25, 0.3) is 22.2 Å². The van der Waals surface area contributed by atoms with E-state index in [2.05, 4.69) is 15.9 Å². The summed E-state index contributed by atoms with van der Waals surface area (Å²) >= 11 is 3.33. The Morgan fingerprint density at radius 1 is 0.864 bits per heavy atom. The fraction of sp³-hybridized carbons (Fsp3) is 0.0667. The van der Waals surface area contributed by atoms with Gasteiger partial charge in [-0.2, -0.15) is 0 Å². The molecule has 0 aliphatic heterocycles. The van der Waals surface area contributed by atoms with Gasteiger partial charge in [-0.05, 0) is 30.3 Å². The molecule has 0 atom stereocenters. The first-order valence-corrected chi connectivity index (χ1v) is 7.30. The van der Waals surface area contributed by atoms with E-state index in [1.807, 2.05) is 6.07 Å². The van der Waals surface area contributed by atoms with Gasteiger partial charge < -0.3 is 8.83 Å². The summed E-state index contributed by atoms with van der Waals surface area (Å²) in [6, 6.07) is 12.4. The minimum absolute atomic E-state index is 0.0311. The highest BCUT2D eigenvalue weighted by molar-refractivity contribution is 9.10. The number of para-hydroxylation sites is 2. The highest BCUT2D eigenvalue weighted by Crippen LogP contribution is 2.19. The number of benzene rings is 2. The Balaban J connectivity index is 1.93. The molecule has 0 amide bonds. The minimum atomic E-state index is -0.523. The van der Waals surface area contributed by atoms with Crippen LogP contribution in [0.3, 0.4) is 0 Å². The first-order valence-electron chi connectivity index (χ1n) is 6.51. The van der Waals surface area contributed by atoms with Crippen LogP contribution in [-0.2, 0) is 6.67 Å². The molecule has 0 aliphatic carbocycles. The van der Waals surface area contributed by atoms with Gasteiger partial charge in [-0.3, -0.25) is 9.13 Å². The summed E-state index contributed by atoms with van der Waals surface area (Å²) in [6.45, 7) is 0.0311. The second-order valence-corrected chi connectivity index (χ2v) is 5.73. The Hall–Kier alpha value is -2.54. The topological polar surface area (TPSA) is 70.3 Å². The Bertz CT molecular complexity index is 1120. The molecular formula is C15H9BrN2O4. The molecule has 0 unspecified atom stereocenters. The molecule has 4 aromatic rings. The van der Waals surface area contributed by atoms with Gasteiger partial charge in [0.05, 0.1) is 11.0 Å². The second kappa shape index (κ2) is 4.74. The van der Waals surface area contributed by atoms with Gasteiger partial charge in [0, 0.05) is 4.47 Å². The van der Waals surface area contributed by atoms with Crippen LogP contribution in [0, 0.1) is 0 Å². The summed E-state index contributed by atoms with van der Waals surface area (Å²) < 4.78 is 14.0. The quantitative estimate of drug-likeness (QED) is 0.551. The number of aromatic nitrogens is 2. The largest absolute Gasteiger partial charge is 0.421 e. The zero-order chi connectivity index (χ0) is 15.3. The molecule has 22 heavy (non-hydrogen) atoms. The van der Waals surface area contributed by atoms with Crippen molar-refractivity contribution in [2.75, 3.05) is 0 Å². The van der Waals surface area contributed by atoms with Crippen molar-refractivity contribution in [2.24, 2.45) is 0 Å². The second-order valence-electron chi connectivity index (χ2n) is 4.81. The smallest absolute Gasteiger partial charge is 0.408 e. The maximum Gasteiger partial charge on any atom is 0.421 e. The predicted molar refractivity (Wildman–Crippen MR) is 84.0 cm³/mol. The Kier molecular flexibility index (Phi) is 2.83. The number of oxazole rings is 2. The van der Waals surface area contributed by atoms with Crippen molar-refractivity contribution in [1.82, 2.24) is 9.13 Å². The number of halogens is 1. The molecule has 0 saturated heterocycles. The van der Waals surface area contributed by atoms with E-state index in [0.29, 0.717) is 22.2 Å². The van der Waals surface area contributed by atoms with Crippen molar-refractivity contribution < 1.29 is 8.83 Å². The van der Waals surface area contributed by atoms with E-state index in [-0.39, 0.29) is 6.67 Å². The van der Waals surface area contributed by atoms with Crippen LogP contribution >= 0.6 is 15.9 Å². The van der Waals surface area contributed by atoms with Crippen molar-refractivity contribution in [3.8, 4) is 0 Å². The molecule has 0 saturated carbocycles. The molecule has 0 spiro atoms. The van der Waals surface area contributed by atoms with Crippen molar-refractivity contribution in [3.05, 3.63) is 68.0 Å². The van der Waals surface area contributed by atoms with Crippen LogP contribution in [0.2, 0.25) is 0 Å². The Morgan fingerprint density at radius 2 is 1.50 bits per heavy atom. The number of hydrogen-bond donors (Lipinski definition) is 0. The first-order chi connectivity index (χ1) is 10.6. The fourth-order valence-corrected chi connectivity index (χ4v) is 2.80. The molecule has 0 fully saturated rings. The summed E-state index contributed by atoms with van der Waals surface area (Å²) in [5.41, 5.74) is 2.19. The minimum Gasteiger partial charge on any atom is -0.408 e. The maximum atomic E-state index is 12.1. The van der Waals surface area contributed by atoms with Crippen LogP contribution in [0.1, 0.15) is 0 Å². The summed E-state index contributed by atoms with van der Waals surface area (Å²) in [4.78, 5) is 24.1. The number of nitrogens with zero attached hydrogens (tertiary/aromatic N) is 2. The zero-order valence-electron chi connectivity index (χ0n) is 11.2. The molecule has 0 bridgehead atoms. The van der Waals surface area contributed by atoms with Crippen molar-refractivity contribution in [2.45, 2.75) is 6.67 Å². The monoisotopic (exact) mass is 360 g/mol. The SMILES string of the molecule is O=c1oc2ccccc2n1Cn1c(=O)oc2cc(Br)ccc21. The van der Waals surface area contributed by atoms with Crippen LogP contribution in [0.5, 0.6) is 0 Å². The molecule has 6 nitrogen and oxygen atoms in total. The third kappa shape index (κ3) is 1.93. The highest BCUT2D eigenvalue weighted by atomic mass is 79.9. The molecule has 7 heteroatoms. The standard InChI is InChI=1S/C15H9BrN2O4/c16-9-5-6-11-13(7-9)22-15(20)18(11)8-17-10-3-1-2-4-12(10)21-14(17)19/h1-7H,8H2.